The van der Waals surface area contributed by atoms with Crippen LogP contribution in [-0.2, 0) is 9.59 Å². The fourth-order valence-corrected chi connectivity index (χ4v) is 2.62. The first-order chi connectivity index (χ1) is 8.29. The van der Waals surface area contributed by atoms with Crippen molar-refractivity contribution in [3.63, 3.8) is 0 Å². The number of nitrogens with zero attached hydrogens (tertiary/aromatic N) is 1. The number of carboxylic acid groups (broad SMARTS) is 1. The minimum Gasteiger partial charge on any atom is -0.480 e. The third kappa shape index (κ3) is 3.16. The number of carboxylic acids is 1. The molecule has 0 aromatic heterocycles. The van der Waals surface area contributed by atoms with Gasteiger partial charge in [0.2, 0.25) is 0 Å². The van der Waals surface area contributed by atoms with Crippen molar-refractivity contribution >= 4 is 29.7 Å². The zero-order valence-electron chi connectivity index (χ0n) is 10.7. The summed E-state index contributed by atoms with van der Waals surface area (Å²) in [5.41, 5.74) is -0.862. The smallest absolute Gasteiger partial charge is 0.325 e. The number of amides is 3. The van der Waals surface area contributed by atoms with Crippen molar-refractivity contribution in [1.29, 1.82) is 0 Å². The maximum Gasteiger partial charge on any atom is 0.325 e. The molecule has 7 heteroatoms. The molecule has 0 radical (unpaired) electrons. The number of urea groups is 1. The number of carbonyl (C=O) groups is 3. The topological polar surface area (TPSA) is 86.7 Å². The van der Waals surface area contributed by atoms with Crippen LogP contribution < -0.4 is 5.32 Å². The first kappa shape index (κ1) is 14.8. The molecule has 18 heavy (non-hydrogen) atoms. The third-order valence-corrected chi connectivity index (χ3v) is 4.08. The number of hydrogen-bond acceptors (Lipinski definition) is 4. The number of thioether (sulfide) groups is 1. The molecule has 0 spiro atoms. The minimum absolute atomic E-state index is 0.239. The second kappa shape index (κ2) is 5.60. The van der Waals surface area contributed by atoms with Gasteiger partial charge in [0.05, 0.1) is 0 Å². The molecule has 0 bridgehead atoms. The van der Waals surface area contributed by atoms with Crippen LogP contribution in [0.1, 0.15) is 27.2 Å². The van der Waals surface area contributed by atoms with Crippen LogP contribution in [0.5, 0.6) is 0 Å². The number of rotatable bonds is 6. The van der Waals surface area contributed by atoms with Gasteiger partial charge in [-0.3, -0.25) is 14.5 Å². The van der Waals surface area contributed by atoms with Gasteiger partial charge in [0, 0.05) is 12.3 Å². The SMILES string of the molecule is CCC(SCCN1C(=O)NC(C)(C)C1=O)C(=O)O. The van der Waals surface area contributed by atoms with Gasteiger partial charge >= 0.3 is 12.0 Å². The monoisotopic (exact) mass is 274 g/mol. The van der Waals surface area contributed by atoms with E-state index < -0.39 is 22.8 Å². The normalized spacial score (nSPS) is 19.8. The van der Waals surface area contributed by atoms with Gasteiger partial charge in [0.15, 0.2) is 0 Å². The molecule has 1 atom stereocenters. The predicted octanol–water partition coefficient (Wildman–Crippen LogP) is 0.913. The van der Waals surface area contributed by atoms with E-state index >= 15 is 0 Å². The zero-order valence-corrected chi connectivity index (χ0v) is 11.5. The molecule has 1 saturated heterocycles. The van der Waals surface area contributed by atoms with E-state index in [0.29, 0.717) is 12.2 Å². The highest BCUT2D eigenvalue weighted by molar-refractivity contribution is 8.00. The summed E-state index contributed by atoms with van der Waals surface area (Å²) in [7, 11) is 0. The first-order valence-corrected chi connectivity index (χ1v) is 6.83. The number of aliphatic carboxylic acids is 1. The molecule has 1 aliphatic rings. The Morgan fingerprint density at radius 1 is 1.50 bits per heavy atom. The maximum atomic E-state index is 11.8. The summed E-state index contributed by atoms with van der Waals surface area (Å²) in [6.07, 6.45) is 0.519. The minimum atomic E-state index is -0.862. The Morgan fingerprint density at radius 3 is 2.50 bits per heavy atom. The molecule has 102 valence electrons. The van der Waals surface area contributed by atoms with Gasteiger partial charge in [-0.05, 0) is 20.3 Å². The summed E-state index contributed by atoms with van der Waals surface area (Å²) in [4.78, 5) is 35.3. The van der Waals surface area contributed by atoms with Crippen molar-refractivity contribution in [2.75, 3.05) is 12.3 Å². The van der Waals surface area contributed by atoms with Gasteiger partial charge in [-0.1, -0.05) is 6.92 Å². The van der Waals surface area contributed by atoms with Crippen LogP contribution in [0.3, 0.4) is 0 Å². The fraction of sp³-hybridized carbons (Fsp3) is 0.727. The Hall–Kier alpha value is -1.24. The highest BCUT2D eigenvalue weighted by Crippen LogP contribution is 2.19. The second-order valence-electron chi connectivity index (χ2n) is 4.62. The van der Waals surface area contributed by atoms with E-state index in [-0.39, 0.29) is 12.5 Å². The lowest BCUT2D eigenvalue weighted by Gasteiger charge is -2.16. The van der Waals surface area contributed by atoms with Gasteiger partial charge in [0.1, 0.15) is 10.8 Å². The van der Waals surface area contributed by atoms with Gasteiger partial charge in [0.25, 0.3) is 5.91 Å². The Balaban J connectivity index is 2.47. The van der Waals surface area contributed by atoms with E-state index in [0.717, 1.165) is 4.90 Å². The van der Waals surface area contributed by atoms with E-state index in [2.05, 4.69) is 5.32 Å². The quantitative estimate of drug-likeness (QED) is 0.703. The summed E-state index contributed by atoms with van der Waals surface area (Å²) in [5.74, 6) is -0.698. The average molecular weight is 274 g/mol. The van der Waals surface area contributed by atoms with E-state index in [9.17, 15) is 14.4 Å². The van der Waals surface area contributed by atoms with Crippen molar-refractivity contribution in [1.82, 2.24) is 10.2 Å². The Morgan fingerprint density at radius 2 is 2.11 bits per heavy atom. The molecule has 2 N–H and O–H groups in total. The fourth-order valence-electron chi connectivity index (χ4n) is 1.67. The number of carbonyl (C=O) groups excluding carboxylic acids is 2. The van der Waals surface area contributed by atoms with Crippen molar-refractivity contribution in [3.05, 3.63) is 0 Å². The van der Waals surface area contributed by atoms with Crippen LogP contribution in [0.15, 0.2) is 0 Å². The average Bonchev–Trinajstić information content (AvgIpc) is 2.45. The number of hydrogen-bond donors (Lipinski definition) is 2. The van der Waals surface area contributed by atoms with Gasteiger partial charge in [-0.15, -0.1) is 11.8 Å². The molecule has 0 aliphatic carbocycles. The molecule has 6 nitrogen and oxygen atoms in total. The van der Waals surface area contributed by atoms with Crippen molar-refractivity contribution < 1.29 is 19.5 Å². The molecular formula is C11H18N2O4S. The largest absolute Gasteiger partial charge is 0.480 e. The van der Waals surface area contributed by atoms with Crippen molar-refractivity contribution in [2.45, 2.75) is 38.0 Å². The zero-order chi connectivity index (χ0) is 13.9. The van der Waals surface area contributed by atoms with E-state index in [1.54, 1.807) is 20.8 Å². The first-order valence-electron chi connectivity index (χ1n) is 5.78. The molecular weight excluding hydrogens is 256 g/mol. The van der Waals surface area contributed by atoms with Gasteiger partial charge in [-0.2, -0.15) is 0 Å². The summed E-state index contributed by atoms with van der Waals surface area (Å²) >= 11 is 1.25. The van der Waals surface area contributed by atoms with Crippen LogP contribution in [0.4, 0.5) is 4.79 Å². The number of nitrogens with one attached hydrogen (secondary N) is 1. The van der Waals surface area contributed by atoms with Crippen molar-refractivity contribution in [3.8, 4) is 0 Å². The van der Waals surface area contributed by atoms with Gasteiger partial charge in [-0.25, -0.2) is 4.79 Å². The summed E-state index contributed by atoms with van der Waals surface area (Å²) in [6.45, 7) is 5.32. The van der Waals surface area contributed by atoms with E-state index in [4.69, 9.17) is 5.11 Å². The van der Waals surface area contributed by atoms with E-state index in [1.165, 1.54) is 11.8 Å². The molecule has 1 rings (SSSR count). The molecule has 1 fully saturated rings. The summed E-state index contributed by atoms with van der Waals surface area (Å²) < 4.78 is 0. The second-order valence-corrected chi connectivity index (χ2v) is 5.93. The number of imide groups is 1. The molecule has 1 aliphatic heterocycles. The molecule has 3 amide bonds. The van der Waals surface area contributed by atoms with Crippen LogP contribution in [-0.4, -0.2) is 51.0 Å². The molecule has 1 heterocycles. The molecule has 0 aromatic carbocycles. The third-order valence-electron chi connectivity index (χ3n) is 2.72. The van der Waals surface area contributed by atoms with Crippen molar-refractivity contribution in [2.24, 2.45) is 0 Å². The lowest BCUT2D eigenvalue weighted by molar-refractivity contribution is -0.136. The standard InChI is InChI=1S/C11H18N2O4S/c1-4-7(8(14)15)18-6-5-13-9(16)11(2,3)12-10(13)17/h7H,4-6H2,1-3H3,(H,12,17)(H,14,15). The lowest BCUT2D eigenvalue weighted by atomic mass is 10.1. The molecule has 0 aromatic rings. The highest BCUT2D eigenvalue weighted by Gasteiger charge is 2.43. The predicted molar refractivity (Wildman–Crippen MR) is 68.5 cm³/mol. The van der Waals surface area contributed by atoms with Crippen LogP contribution in [0, 0.1) is 0 Å². The van der Waals surface area contributed by atoms with Crippen LogP contribution in [0.2, 0.25) is 0 Å². The molecule has 1 unspecified atom stereocenters. The maximum absolute atomic E-state index is 11.8. The van der Waals surface area contributed by atoms with E-state index in [1.807, 2.05) is 0 Å². The Kier molecular flexibility index (Phi) is 4.61. The van der Waals surface area contributed by atoms with Crippen LogP contribution in [0.25, 0.3) is 0 Å². The summed E-state index contributed by atoms with van der Waals surface area (Å²) in [6, 6.07) is -0.408. The van der Waals surface area contributed by atoms with Gasteiger partial charge < -0.3 is 10.4 Å². The summed E-state index contributed by atoms with van der Waals surface area (Å²) in [5, 5.41) is 11.0. The Labute approximate surface area is 110 Å². The molecule has 0 saturated carbocycles. The highest BCUT2D eigenvalue weighted by atomic mass is 32.2. The Bertz CT molecular complexity index is 370. The lowest BCUT2D eigenvalue weighted by Crippen LogP contribution is -2.40. The van der Waals surface area contributed by atoms with Crippen LogP contribution >= 0.6 is 11.8 Å².